The molecular weight excluding hydrogens is 401 g/mol. The molecule has 4 rings (SSSR count). The first-order valence-corrected chi connectivity index (χ1v) is 9.48. The van der Waals surface area contributed by atoms with Gasteiger partial charge < -0.3 is 10.1 Å². The van der Waals surface area contributed by atoms with Gasteiger partial charge in [0.05, 0.1) is 16.8 Å². The van der Waals surface area contributed by atoms with Crippen LogP contribution in [0.4, 0.5) is 13.2 Å². The second-order valence-electron chi connectivity index (χ2n) is 7.01. The lowest BCUT2D eigenvalue weighted by Crippen LogP contribution is -2.34. The largest absolute Gasteiger partial charge is 0.489 e. The highest BCUT2D eigenvalue weighted by Crippen LogP contribution is 2.33. The molecule has 3 aromatic rings. The van der Waals surface area contributed by atoms with Crippen LogP contribution in [-0.4, -0.2) is 34.3 Å². The molecule has 10 heteroatoms. The standard InChI is InChI=1S/C20H19F3N4O3/c21-20(22,23)13-3-1-12(2-4-13)11-15-17(18-26-19(28)30-27-18)16(7-10-25-15)29-14-5-8-24-9-6-14/h1-4,7,10,14,24H,5-6,8-9,11H2,(H,26,27,28). The molecule has 0 saturated carbocycles. The zero-order valence-corrected chi connectivity index (χ0v) is 15.8. The van der Waals surface area contributed by atoms with Gasteiger partial charge in [-0.3, -0.25) is 14.5 Å². The summed E-state index contributed by atoms with van der Waals surface area (Å²) in [6, 6.07) is 6.55. The number of ether oxygens (including phenoxy) is 1. The molecule has 0 atom stereocenters. The summed E-state index contributed by atoms with van der Waals surface area (Å²) in [6.45, 7) is 1.68. The minimum atomic E-state index is -4.40. The number of piperidine rings is 1. The first-order valence-electron chi connectivity index (χ1n) is 9.48. The van der Waals surface area contributed by atoms with Crippen LogP contribution in [0.5, 0.6) is 5.75 Å². The maximum Gasteiger partial charge on any atom is 0.439 e. The third-order valence-electron chi connectivity index (χ3n) is 4.90. The fourth-order valence-electron chi connectivity index (χ4n) is 3.41. The first kappa shape index (κ1) is 20.1. The number of hydrogen-bond donors (Lipinski definition) is 2. The molecule has 1 fully saturated rings. The van der Waals surface area contributed by atoms with Gasteiger partial charge in [-0.2, -0.15) is 13.2 Å². The maximum atomic E-state index is 12.8. The van der Waals surface area contributed by atoms with E-state index in [4.69, 9.17) is 4.74 Å². The summed E-state index contributed by atoms with van der Waals surface area (Å²) in [4.78, 5) is 18.4. The molecule has 0 radical (unpaired) electrons. The van der Waals surface area contributed by atoms with Crippen molar-refractivity contribution in [3.05, 3.63) is 63.9 Å². The van der Waals surface area contributed by atoms with Gasteiger partial charge in [0, 0.05) is 12.6 Å². The number of nitrogens with one attached hydrogen (secondary N) is 2. The third-order valence-corrected chi connectivity index (χ3v) is 4.90. The van der Waals surface area contributed by atoms with Crippen molar-refractivity contribution in [2.75, 3.05) is 13.1 Å². The molecule has 1 aliphatic rings. The van der Waals surface area contributed by atoms with Gasteiger partial charge >= 0.3 is 11.9 Å². The number of hydrogen-bond acceptors (Lipinski definition) is 6. The molecule has 2 aromatic heterocycles. The molecule has 0 spiro atoms. The van der Waals surface area contributed by atoms with Crippen LogP contribution in [0.2, 0.25) is 0 Å². The quantitative estimate of drug-likeness (QED) is 0.659. The van der Waals surface area contributed by atoms with Crippen molar-refractivity contribution in [2.45, 2.75) is 31.5 Å². The summed E-state index contributed by atoms with van der Waals surface area (Å²) in [5.74, 6) is -0.0653. The SMILES string of the molecule is O=c1[nH]c(-c2c(OC3CCNCC3)ccnc2Cc2ccc(C(F)(F)F)cc2)no1. The summed E-state index contributed by atoms with van der Waals surface area (Å²) in [5, 5.41) is 7.03. The molecule has 0 unspecified atom stereocenters. The second kappa shape index (κ2) is 8.31. The second-order valence-corrected chi connectivity index (χ2v) is 7.01. The number of aromatic amines is 1. The molecule has 30 heavy (non-hydrogen) atoms. The lowest BCUT2D eigenvalue weighted by atomic mass is 10.0. The zero-order chi connectivity index (χ0) is 21.1. The molecule has 7 nitrogen and oxygen atoms in total. The van der Waals surface area contributed by atoms with Crippen molar-refractivity contribution in [1.82, 2.24) is 20.4 Å². The molecule has 2 N–H and O–H groups in total. The maximum absolute atomic E-state index is 12.8. The van der Waals surface area contributed by atoms with Crippen molar-refractivity contribution >= 4 is 0 Å². The lowest BCUT2D eigenvalue weighted by molar-refractivity contribution is -0.137. The molecular formula is C20H19F3N4O3. The van der Waals surface area contributed by atoms with Gasteiger partial charge in [0.25, 0.3) is 0 Å². The Hall–Kier alpha value is -3.14. The minimum absolute atomic E-state index is 0.00931. The number of alkyl halides is 3. The monoisotopic (exact) mass is 420 g/mol. The highest BCUT2D eigenvalue weighted by molar-refractivity contribution is 5.66. The van der Waals surface area contributed by atoms with Crippen molar-refractivity contribution in [1.29, 1.82) is 0 Å². The van der Waals surface area contributed by atoms with Crippen LogP contribution in [0, 0.1) is 0 Å². The van der Waals surface area contributed by atoms with E-state index in [1.165, 1.54) is 12.1 Å². The van der Waals surface area contributed by atoms with E-state index in [-0.39, 0.29) is 18.3 Å². The fourth-order valence-corrected chi connectivity index (χ4v) is 3.41. The Morgan fingerprint density at radius 1 is 1.13 bits per heavy atom. The van der Waals surface area contributed by atoms with E-state index in [0.717, 1.165) is 38.1 Å². The molecule has 0 aliphatic carbocycles. The van der Waals surface area contributed by atoms with Gasteiger partial charge in [-0.1, -0.05) is 17.3 Å². The van der Waals surface area contributed by atoms with E-state index in [1.807, 2.05) is 0 Å². The lowest BCUT2D eigenvalue weighted by Gasteiger charge is -2.25. The van der Waals surface area contributed by atoms with Crippen LogP contribution in [0.15, 0.2) is 45.8 Å². The Labute approximate surface area is 169 Å². The fraction of sp³-hybridized carbons (Fsp3) is 0.350. The Morgan fingerprint density at radius 3 is 2.50 bits per heavy atom. The predicted octanol–water partition coefficient (Wildman–Crippen LogP) is 3.17. The van der Waals surface area contributed by atoms with Gasteiger partial charge in [0.2, 0.25) is 0 Å². The first-order chi connectivity index (χ1) is 14.4. The molecule has 1 aliphatic heterocycles. The average Bonchev–Trinajstić information content (AvgIpc) is 3.14. The van der Waals surface area contributed by atoms with E-state index in [9.17, 15) is 18.0 Å². The molecule has 0 bridgehead atoms. The van der Waals surface area contributed by atoms with Gasteiger partial charge in [-0.05, 0) is 49.7 Å². The van der Waals surface area contributed by atoms with Crippen LogP contribution in [0.25, 0.3) is 11.4 Å². The smallest absolute Gasteiger partial charge is 0.439 e. The van der Waals surface area contributed by atoms with Crippen LogP contribution in [0.3, 0.4) is 0 Å². The molecule has 3 heterocycles. The Bertz CT molecular complexity index is 1050. The molecule has 1 saturated heterocycles. The normalized spacial score (nSPS) is 15.3. The van der Waals surface area contributed by atoms with E-state index in [1.54, 1.807) is 12.3 Å². The third kappa shape index (κ3) is 4.54. The average molecular weight is 420 g/mol. The van der Waals surface area contributed by atoms with Crippen molar-refractivity contribution < 1.29 is 22.4 Å². The summed E-state index contributed by atoms with van der Waals surface area (Å²) >= 11 is 0. The summed E-state index contributed by atoms with van der Waals surface area (Å²) < 4.78 is 49.3. The van der Waals surface area contributed by atoms with Crippen LogP contribution >= 0.6 is 0 Å². The number of aromatic nitrogens is 3. The van der Waals surface area contributed by atoms with Gasteiger partial charge in [0.15, 0.2) is 5.82 Å². The minimum Gasteiger partial charge on any atom is -0.489 e. The number of halogens is 3. The van der Waals surface area contributed by atoms with Crippen LogP contribution < -0.4 is 15.8 Å². The van der Waals surface area contributed by atoms with E-state index >= 15 is 0 Å². The Balaban J connectivity index is 1.68. The highest BCUT2D eigenvalue weighted by atomic mass is 19.4. The van der Waals surface area contributed by atoms with Crippen molar-refractivity contribution in [2.24, 2.45) is 0 Å². The Kier molecular flexibility index (Phi) is 5.58. The topological polar surface area (TPSA) is 93.0 Å². The van der Waals surface area contributed by atoms with E-state index in [2.05, 4.69) is 25.0 Å². The Morgan fingerprint density at radius 2 is 1.87 bits per heavy atom. The number of H-pyrrole nitrogens is 1. The predicted molar refractivity (Wildman–Crippen MR) is 101 cm³/mol. The number of rotatable bonds is 5. The van der Waals surface area contributed by atoms with Crippen molar-refractivity contribution in [3.8, 4) is 17.1 Å². The zero-order valence-electron chi connectivity index (χ0n) is 15.8. The molecule has 158 valence electrons. The van der Waals surface area contributed by atoms with Gasteiger partial charge in [-0.25, -0.2) is 4.79 Å². The molecule has 1 aromatic carbocycles. The number of benzene rings is 1. The van der Waals surface area contributed by atoms with Crippen molar-refractivity contribution in [3.63, 3.8) is 0 Å². The number of nitrogens with zero attached hydrogens (tertiary/aromatic N) is 2. The summed E-state index contributed by atoms with van der Waals surface area (Å²) in [6.07, 6.45) is -0.963. The summed E-state index contributed by atoms with van der Waals surface area (Å²) in [5.41, 5.74) is 0.873. The van der Waals surface area contributed by atoms with E-state index in [0.29, 0.717) is 22.6 Å². The van der Waals surface area contributed by atoms with Crippen LogP contribution in [-0.2, 0) is 12.6 Å². The van der Waals surface area contributed by atoms with Gasteiger partial charge in [0.1, 0.15) is 11.9 Å². The van der Waals surface area contributed by atoms with E-state index < -0.39 is 17.5 Å². The highest BCUT2D eigenvalue weighted by Gasteiger charge is 2.30. The molecule has 0 amide bonds. The number of pyridine rings is 1. The summed E-state index contributed by atoms with van der Waals surface area (Å²) in [7, 11) is 0. The van der Waals surface area contributed by atoms with Gasteiger partial charge in [-0.15, -0.1) is 0 Å². The van der Waals surface area contributed by atoms with Crippen LogP contribution in [0.1, 0.15) is 29.7 Å².